The van der Waals surface area contributed by atoms with Crippen LogP contribution in [0.1, 0.15) is 12.6 Å². The average Bonchev–Trinajstić information content (AvgIpc) is 2.55. The maximum absolute atomic E-state index is 13.1. The first kappa shape index (κ1) is 16.2. The summed E-state index contributed by atoms with van der Waals surface area (Å²) in [5, 5.41) is 3.25. The fourth-order valence-corrected chi connectivity index (χ4v) is 3.35. The van der Waals surface area contributed by atoms with Gasteiger partial charge in [-0.05, 0) is 59.2 Å². The number of sulfonamides is 1. The number of halogens is 1. The third-order valence-electron chi connectivity index (χ3n) is 3.65. The van der Waals surface area contributed by atoms with Crippen LogP contribution in [0.2, 0.25) is 0 Å². The van der Waals surface area contributed by atoms with Gasteiger partial charge in [-0.25, -0.2) is 12.8 Å². The highest BCUT2D eigenvalue weighted by molar-refractivity contribution is 7.95. The van der Waals surface area contributed by atoms with Crippen LogP contribution in [-0.4, -0.2) is 8.42 Å². The Bertz CT molecular complexity index is 1030. The number of aryl methyl sites for hydroxylation is 1. The van der Waals surface area contributed by atoms with E-state index < -0.39 is 15.8 Å². The standard InChI is InChI=1S/C19H16FNO2S.H2/c1-14-12-18(20)8-9-19(14)21-24(22,23)11-10-15-6-7-16-4-2-3-5-17(16)13-15;/h2-13,21H,1H3;1H/b11-10+;. The molecular weight excluding hydrogens is 325 g/mol. The monoisotopic (exact) mass is 343 g/mol. The number of nitrogens with one attached hydrogen (secondary N) is 1. The first-order chi connectivity index (χ1) is 11.4. The molecule has 0 saturated heterocycles. The molecule has 0 spiro atoms. The van der Waals surface area contributed by atoms with Crippen molar-refractivity contribution in [2.75, 3.05) is 4.72 Å². The Morgan fingerprint density at radius 2 is 1.75 bits per heavy atom. The van der Waals surface area contributed by atoms with Gasteiger partial charge in [0.1, 0.15) is 5.82 Å². The van der Waals surface area contributed by atoms with Gasteiger partial charge in [0.2, 0.25) is 0 Å². The van der Waals surface area contributed by atoms with Gasteiger partial charge in [0.05, 0.1) is 11.1 Å². The zero-order chi connectivity index (χ0) is 17.2. The minimum atomic E-state index is -3.67. The highest BCUT2D eigenvalue weighted by atomic mass is 32.2. The van der Waals surface area contributed by atoms with E-state index in [9.17, 15) is 12.8 Å². The summed E-state index contributed by atoms with van der Waals surface area (Å²) in [4.78, 5) is 0. The van der Waals surface area contributed by atoms with E-state index in [2.05, 4.69) is 4.72 Å². The number of benzene rings is 3. The molecule has 0 aliphatic rings. The fraction of sp³-hybridized carbons (Fsp3) is 0.0526. The van der Waals surface area contributed by atoms with Crippen LogP contribution in [0, 0.1) is 12.7 Å². The van der Waals surface area contributed by atoms with Crippen molar-refractivity contribution in [1.82, 2.24) is 0 Å². The van der Waals surface area contributed by atoms with E-state index in [0.717, 1.165) is 21.7 Å². The van der Waals surface area contributed by atoms with Crippen molar-refractivity contribution in [2.24, 2.45) is 0 Å². The van der Waals surface area contributed by atoms with Crippen LogP contribution in [0.25, 0.3) is 16.8 Å². The third-order valence-corrected chi connectivity index (χ3v) is 4.65. The molecule has 0 aliphatic carbocycles. The van der Waals surface area contributed by atoms with Crippen LogP contribution in [0.5, 0.6) is 0 Å². The van der Waals surface area contributed by atoms with Gasteiger partial charge < -0.3 is 0 Å². The van der Waals surface area contributed by atoms with Gasteiger partial charge in [-0.15, -0.1) is 0 Å². The van der Waals surface area contributed by atoms with Crippen LogP contribution in [-0.2, 0) is 10.0 Å². The lowest BCUT2D eigenvalue weighted by Gasteiger charge is -2.07. The zero-order valence-electron chi connectivity index (χ0n) is 13.0. The number of rotatable bonds is 4. The zero-order valence-corrected chi connectivity index (χ0v) is 13.8. The van der Waals surface area contributed by atoms with Gasteiger partial charge in [-0.3, -0.25) is 4.72 Å². The molecule has 0 fully saturated rings. The minimum Gasteiger partial charge on any atom is -0.280 e. The molecule has 0 bridgehead atoms. The Morgan fingerprint density at radius 1 is 1.00 bits per heavy atom. The molecule has 3 nitrogen and oxygen atoms in total. The predicted molar refractivity (Wildman–Crippen MR) is 98.8 cm³/mol. The lowest BCUT2D eigenvalue weighted by Crippen LogP contribution is -2.10. The van der Waals surface area contributed by atoms with Crippen molar-refractivity contribution in [2.45, 2.75) is 6.92 Å². The summed E-state index contributed by atoms with van der Waals surface area (Å²) < 4.78 is 39.9. The Kier molecular flexibility index (Phi) is 4.36. The van der Waals surface area contributed by atoms with Crippen molar-refractivity contribution in [1.29, 1.82) is 0 Å². The number of anilines is 1. The fourth-order valence-electron chi connectivity index (χ4n) is 2.41. The van der Waals surface area contributed by atoms with Crippen molar-refractivity contribution in [3.8, 4) is 0 Å². The molecular formula is C19H18FNO2S. The molecule has 0 heterocycles. The maximum Gasteiger partial charge on any atom is 0.255 e. The van der Waals surface area contributed by atoms with Crippen LogP contribution in [0.15, 0.2) is 66.1 Å². The summed E-state index contributed by atoms with van der Waals surface area (Å²) in [5.74, 6) is -0.401. The third kappa shape index (κ3) is 3.81. The van der Waals surface area contributed by atoms with Gasteiger partial charge in [0, 0.05) is 1.43 Å². The van der Waals surface area contributed by atoms with E-state index in [-0.39, 0.29) is 1.43 Å². The SMILES string of the molecule is Cc1cc(F)ccc1NS(=O)(=O)/C=C/c1ccc2ccccc2c1.[HH]. The van der Waals surface area contributed by atoms with E-state index in [1.807, 2.05) is 42.5 Å². The quantitative estimate of drug-likeness (QED) is 0.729. The number of hydrogen-bond donors (Lipinski definition) is 1. The van der Waals surface area contributed by atoms with Crippen LogP contribution < -0.4 is 4.72 Å². The first-order valence-corrected chi connectivity index (χ1v) is 8.93. The second-order valence-electron chi connectivity index (χ2n) is 5.52. The Hall–Kier alpha value is -2.66. The molecule has 3 rings (SSSR count). The summed E-state index contributed by atoms with van der Waals surface area (Å²) in [6.45, 7) is 1.65. The van der Waals surface area contributed by atoms with E-state index in [4.69, 9.17) is 0 Å². The largest absolute Gasteiger partial charge is 0.280 e. The molecule has 3 aromatic rings. The molecule has 0 amide bonds. The molecule has 0 radical (unpaired) electrons. The molecule has 0 aromatic heterocycles. The second-order valence-corrected chi connectivity index (χ2v) is 7.08. The molecule has 5 heteroatoms. The van der Waals surface area contributed by atoms with Crippen molar-refractivity contribution < 1.29 is 14.2 Å². The van der Waals surface area contributed by atoms with Crippen molar-refractivity contribution in [3.05, 3.63) is 83.0 Å². The molecule has 0 aliphatic heterocycles. The Morgan fingerprint density at radius 3 is 2.50 bits per heavy atom. The van der Waals surface area contributed by atoms with Crippen LogP contribution in [0.3, 0.4) is 0 Å². The summed E-state index contributed by atoms with van der Waals surface area (Å²) in [5.41, 5.74) is 1.67. The summed E-state index contributed by atoms with van der Waals surface area (Å²) >= 11 is 0. The molecule has 0 atom stereocenters. The van der Waals surface area contributed by atoms with Crippen molar-refractivity contribution in [3.63, 3.8) is 0 Å². The van der Waals surface area contributed by atoms with Crippen LogP contribution in [0.4, 0.5) is 10.1 Å². The topological polar surface area (TPSA) is 46.2 Å². The number of fused-ring (bicyclic) bond motifs is 1. The summed E-state index contributed by atoms with van der Waals surface area (Å²) in [7, 11) is -3.67. The molecule has 3 aromatic carbocycles. The van der Waals surface area contributed by atoms with E-state index in [0.29, 0.717) is 11.3 Å². The molecule has 124 valence electrons. The van der Waals surface area contributed by atoms with Gasteiger partial charge >= 0.3 is 0 Å². The van der Waals surface area contributed by atoms with E-state index in [1.165, 1.54) is 24.3 Å². The van der Waals surface area contributed by atoms with Crippen LogP contribution >= 0.6 is 0 Å². The molecule has 0 saturated carbocycles. The number of hydrogen-bond acceptors (Lipinski definition) is 2. The lowest BCUT2D eigenvalue weighted by molar-refractivity contribution is 0.609. The summed E-state index contributed by atoms with van der Waals surface area (Å²) in [6, 6.07) is 17.5. The van der Waals surface area contributed by atoms with Crippen molar-refractivity contribution >= 4 is 32.6 Å². The average molecular weight is 343 g/mol. The van der Waals surface area contributed by atoms with E-state index >= 15 is 0 Å². The highest BCUT2D eigenvalue weighted by Gasteiger charge is 2.08. The molecule has 0 unspecified atom stereocenters. The van der Waals surface area contributed by atoms with Gasteiger partial charge in [-0.1, -0.05) is 36.4 Å². The minimum absolute atomic E-state index is 0. The van der Waals surface area contributed by atoms with Gasteiger partial charge in [0.25, 0.3) is 10.0 Å². The second kappa shape index (κ2) is 6.45. The van der Waals surface area contributed by atoms with E-state index in [1.54, 1.807) is 6.92 Å². The summed E-state index contributed by atoms with van der Waals surface area (Å²) in [6.07, 6.45) is 1.54. The predicted octanol–water partition coefficient (Wildman–Crippen LogP) is 4.95. The Balaban J connectivity index is 0.00000225. The first-order valence-electron chi connectivity index (χ1n) is 7.39. The van der Waals surface area contributed by atoms with Gasteiger partial charge in [-0.2, -0.15) is 0 Å². The van der Waals surface area contributed by atoms with Gasteiger partial charge in [0.15, 0.2) is 0 Å². The smallest absolute Gasteiger partial charge is 0.255 e. The Labute approximate surface area is 142 Å². The molecule has 24 heavy (non-hydrogen) atoms. The normalized spacial score (nSPS) is 11.9. The maximum atomic E-state index is 13.1. The lowest BCUT2D eigenvalue weighted by atomic mass is 10.1. The highest BCUT2D eigenvalue weighted by Crippen LogP contribution is 2.19. The molecule has 1 N–H and O–H groups in total.